The maximum atomic E-state index is 12.0. The maximum absolute atomic E-state index is 12.0. The molecule has 6 heteroatoms. The van der Waals surface area contributed by atoms with Crippen LogP contribution >= 0.6 is 11.6 Å². The van der Waals surface area contributed by atoms with Crippen molar-refractivity contribution in [1.82, 2.24) is 4.90 Å². The van der Waals surface area contributed by atoms with E-state index in [0.717, 1.165) is 4.90 Å². The van der Waals surface area contributed by atoms with Crippen molar-refractivity contribution in [2.45, 2.75) is 25.8 Å². The Kier molecular flexibility index (Phi) is 3.85. The predicted molar refractivity (Wildman–Crippen MR) is 70.6 cm³/mol. The van der Waals surface area contributed by atoms with Crippen LogP contribution in [-0.4, -0.2) is 28.7 Å². The lowest BCUT2D eigenvalue weighted by atomic mass is 10.2. The highest BCUT2D eigenvalue weighted by Gasteiger charge is 2.36. The molecule has 3 amide bonds. The molecule has 0 saturated carbocycles. The van der Waals surface area contributed by atoms with Gasteiger partial charge in [0, 0.05) is 23.6 Å². The smallest absolute Gasteiger partial charge is 0.247 e. The maximum Gasteiger partial charge on any atom is 0.247 e. The van der Waals surface area contributed by atoms with Crippen molar-refractivity contribution in [3.05, 3.63) is 29.3 Å². The molecule has 1 aliphatic rings. The van der Waals surface area contributed by atoms with E-state index in [1.807, 2.05) is 0 Å². The van der Waals surface area contributed by atoms with Gasteiger partial charge in [-0.05, 0) is 25.1 Å². The zero-order chi connectivity index (χ0) is 14.0. The summed E-state index contributed by atoms with van der Waals surface area (Å²) in [6, 6.07) is 5.86. The number of rotatable bonds is 3. The molecule has 1 aromatic rings. The number of nitrogens with one attached hydrogen (secondary N) is 1. The first-order valence-corrected chi connectivity index (χ1v) is 6.28. The van der Waals surface area contributed by atoms with Crippen LogP contribution in [0.3, 0.4) is 0 Å². The summed E-state index contributed by atoms with van der Waals surface area (Å²) >= 11 is 5.81. The van der Waals surface area contributed by atoms with Crippen molar-refractivity contribution in [3.8, 4) is 0 Å². The minimum atomic E-state index is -0.818. The minimum Gasteiger partial charge on any atom is -0.324 e. The van der Waals surface area contributed by atoms with Gasteiger partial charge in [-0.1, -0.05) is 17.7 Å². The van der Waals surface area contributed by atoms with Crippen molar-refractivity contribution in [1.29, 1.82) is 0 Å². The summed E-state index contributed by atoms with van der Waals surface area (Å²) < 4.78 is 0. The predicted octanol–water partition coefficient (Wildman–Crippen LogP) is 1.82. The number of anilines is 1. The van der Waals surface area contributed by atoms with Crippen molar-refractivity contribution < 1.29 is 14.4 Å². The highest BCUT2D eigenvalue weighted by atomic mass is 35.5. The van der Waals surface area contributed by atoms with E-state index < -0.39 is 11.9 Å². The lowest BCUT2D eigenvalue weighted by Crippen LogP contribution is -2.44. The van der Waals surface area contributed by atoms with Crippen LogP contribution in [0.4, 0.5) is 5.69 Å². The Hall–Kier alpha value is -1.88. The minimum absolute atomic E-state index is 0.174. The molecule has 0 spiro atoms. The topological polar surface area (TPSA) is 66.5 Å². The molecule has 1 fully saturated rings. The van der Waals surface area contributed by atoms with Crippen LogP contribution in [0.1, 0.15) is 19.8 Å². The van der Waals surface area contributed by atoms with Gasteiger partial charge in [0.1, 0.15) is 6.04 Å². The number of carbonyl (C=O) groups excluding carboxylic acids is 3. The zero-order valence-electron chi connectivity index (χ0n) is 10.4. The van der Waals surface area contributed by atoms with Crippen LogP contribution in [-0.2, 0) is 14.4 Å². The summed E-state index contributed by atoms with van der Waals surface area (Å²) in [6.07, 6.45) is 0.348. The van der Waals surface area contributed by atoms with Gasteiger partial charge in [0.15, 0.2) is 0 Å². The lowest BCUT2D eigenvalue weighted by Gasteiger charge is -2.21. The second kappa shape index (κ2) is 5.40. The van der Waals surface area contributed by atoms with Gasteiger partial charge < -0.3 is 5.32 Å². The zero-order valence-corrected chi connectivity index (χ0v) is 11.1. The number of hydrogen-bond donors (Lipinski definition) is 1. The Morgan fingerprint density at radius 3 is 2.53 bits per heavy atom. The van der Waals surface area contributed by atoms with Crippen LogP contribution in [0.25, 0.3) is 0 Å². The molecular formula is C13H13ClN2O3. The summed E-state index contributed by atoms with van der Waals surface area (Å²) in [5, 5.41) is 3.13. The quantitative estimate of drug-likeness (QED) is 0.859. The van der Waals surface area contributed by atoms with Gasteiger partial charge >= 0.3 is 0 Å². The molecule has 1 aromatic carbocycles. The fourth-order valence-corrected chi connectivity index (χ4v) is 2.15. The van der Waals surface area contributed by atoms with Crippen molar-refractivity contribution >= 4 is 35.0 Å². The number of nitrogens with zero attached hydrogens (tertiary/aromatic N) is 1. The summed E-state index contributed by atoms with van der Waals surface area (Å²) in [4.78, 5) is 36.1. The first kappa shape index (κ1) is 13.5. The molecule has 1 aliphatic heterocycles. The van der Waals surface area contributed by atoms with Crippen molar-refractivity contribution in [2.24, 2.45) is 0 Å². The molecular weight excluding hydrogens is 268 g/mol. The SMILES string of the molecule is CC(C(=O)Nc1cccc(Cl)c1)N1C(=O)CCC1=O. The van der Waals surface area contributed by atoms with Crippen LogP contribution in [0.15, 0.2) is 24.3 Å². The first-order chi connectivity index (χ1) is 8.99. The third-order valence-corrected chi connectivity index (χ3v) is 3.18. The van der Waals surface area contributed by atoms with Gasteiger partial charge in [0.25, 0.3) is 0 Å². The molecule has 0 aliphatic carbocycles. The lowest BCUT2D eigenvalue weighted by molar-refractivity contribution is -0.144. The highest BCUT2D eigenvalue weighted by molar-refractivity contribution is 6.30. The summed E-state index contributed by atoms with van der Waals surface area (Å²) in [5.74, 6) is -1.02. The molecule has 2 rings (SSSR count). The Morgan fingerprint density at radius 1 is 1.32 bits per heavy atom. The fraction of sp³-hybridized carbons (Fsp3) is 0.308. The van der Waals surface area contributed by atoms with Crippen molar-refractivity contribution in [2.75, 3.05) is 5.32 Å². The van der Waals surface area contributed by atoms with E-state index >= 15 is 0 Å². The van der Waals surface area contributed by atoms with Gasteiger partial charge in [0.2, 0.25) is 17.7 Å². The average Bonchev–Trinajstić information content (AvgIpc) is 2.68. The molecule has 1 heterocycles. The van der Waals surface area contributed by atoms with E-state index in [1.54, 1.807) is 24.3 Å². The Labute approximate surface area is 115 Å². The number of halogens is 1. The Balaban J connectivity index is 2.07. The Bertz CT molecular complexity index is 528. The van der Waals surface area contributed by atoms with E-state index in [0.29, 0.717) is 10.7 Å². The summed E-state index contributed by atoms with van der Waals surface area (Å²) in [5.41, 5.74) is 0.531. The second-order valence-electron chi connectivity index (χ2n) is 4.33. The molecule has 1 unspecified atom stereocenters. The standard InChI is InChI=1S/C13H13ClN2O3/c1-8(16-11(17)5-6-12(16)18)13(19)15-10-4-2-3-9(14)7-10/h2-4,7-8H,5-6H2,1H3,(H,15,19). The Morgan fingerprint density at radius 2 is 1.95 bits per heavy atom. The van der Waals surface area contributed by atoms with E-state index in [-0.39, 0.29) is 24.7 Å². The van der Waals surface area contributed by atoms with Crippen LogP contribution in [0.5, 0.6) is 0 Å². The molecule has 19 heavy (non-hydrogen) atoms. The van der Waals surface area contributed by atoms with Crippen molar-refractivity contribution in [3.63, 3.8) is 0 Å². The monoisotopic (exact) mass is 280 g/mol. The molecule has 1 N–H and O–H groups in total. The number of benzene rings is 1. The molecule has 0 aromatic heterocycles. The van der Waals surface area contributed by atoms with E-state index in [9.17, 15) is 14.4 Å². The number of hydrogen-bond acceptors (Lipinski definition) is 3. The van der Waals surface area contributed by atoms with Gasteiger partial charge in [-0.3, -0.25) is 19.3 Å². The molecule has 1 atom stereocenters. The van der Waals surface area contributed by atoms with Gasteiger partial charge in [0.05, 0.1) is 0 Å². The normalized spacial score (nSPS) is 16.6. The van der Waals surface area contributed by atoms with E-state index in [2.05, 4.69) is 5.32 Å². The summed E-state index contributed by atoms with van der Waals surface area (Å²) in [6.45, 7) is 1.53. The second-order valence-corrected chi connectivity index (χ2v) is 4.77. The molecule has 0 bridgehead atoms. The summed E-state index contributed by atoms with van der Waals surface area (Å²) in [7, 11) is 0. The van der Waals surface area contributed by atoms with Gasteiger partial charge in [-0.25, -0.2) is 0 Å². The average molecular weight is 281 g/mol. The van der Waals surface area contributed by atoms with Crippen LogP contribution < -0.4 is 5.32 Å². The number of carbonyl (C=O) groups is 3. The van der Waals surface area contributed by atoms with Crippen LogP contribution in [0, 0.1) is 0 Å². The number of amides is 3. The molecule has 1 saturated heterocycles. The van der Waals surface area contributed by atoms with Gasteiger partial charge in [-0.2, -0.15) is 0 Å². The largest absolute Gasteiger partial charge is 0.324 e. The third-order valence-electron chi connectivity index (χ3n) is 2.95. The van der Waals surface area contributed by atoms with Crippen LogP contribution in [0.2, 0.25) is 5.02 Å². The number of imide groups is 1. The number of likely N-dealkylation sites (tertiary alicyclic amines) is 1. The van der Waals surface area contributed by atoms with Gasteiger partial charge in [-0.15, -0.1) is 0 Å². The third kappa shape index (κ3) is 2.93. The molecule has 0 radical (unpaired) electrons. The fourth-order valence-electron chi connectivity index (χ4n) is 1.96. The molecule has 5 nitrogen and oxygen atoms in total. The molecule has 100 valence electrons. The van der Waals surface area contributed by atoms with E-state index in [1.165, 1.54) is 6.92 Å². The first-order valence-electron chi connectivity index (χ1n) is 5.90. The highest BCUT2D eigenvalue weighted by Crippen LogP contribution is 2.18. The van der Waals surface area contributed by atoms with E-state index in [4.69, 9.17) is 11.6 Å².